The number of rotatable bonds is 3. The zero-order chi connectivity index (χ0) is 13.1. The Labute approximate surface area is 102 Å². The average Bonchev–Trinajstić information content (AvgIpc) is 2.33. The minimum absolute atomic E-state index is 0.0467. The molecular weight excluding hydrogens is 239 g/mol. The largest absolute Gasteiger partial charge is 0.480 e. The molecule has 0 amide bonds. The minimum Gasteiger partial charge on any atom is -0.480 e. The second kappa shape index (κ2) is 4.95. The molecule has 18 heavy (non-hydrogen) atoms. The van der Waals surface area contributed by atoms with Crippen molar-refractivity contribution in [1.29, 1.82) is 0 Å². The topological polar surface area (TPSA) is 78.8 Å². The number of halogens is 1. The number of hydrogen-bond acceptors (Lipinski definition) is 4. The van der Waals surface area contributed by atoms with Gasteiger partial charge in [0, 0.05) is 18.3 Å². The number of carboxylic acids is 1. The third-order valence-corrected chi connectivity index (χ3v) is 2.65. The van der Waals surface area contributed by atoms with Crippen LogP contribution in [-0.2, 0) is 9.59 Å². The molecule has 2 rings (SSSR count). The maximum absolute atomic E-state index is 12.9. The van der Waals surface area contributed by atoms with E-state index in [1.165, 1.54) is 12.3 Å². The summed E-state index contributed by atoms with van der Waals surface area (Å²) in [6.45, 7) is 0.453. The smallest absolute Gasteiger partial charge is 0.318 e. The summed E-state index contributed by atoms with van der Waals surface area (Å²) in [7, 11) is 0. The van der Waals surface area contributed by atoms with Crippen LogP contribution in [0.4, 0.5) is 4.39 Å². The van der Waals surface area contributed by atoms with Crippen molar-refractivity contribution in [3.05, 3.63) is 35.8 Å². The highest BCUT2D eigenvalue weighted by atomic mass is 19.1. The second-order valence-corrected chi connectivity index (χ2v) is 3.89. The Morgan fingerprint density at radius 1 is 1.50 bits per heavy atom. The first-order valence-corrected chi connectivity index (χ1v) is 5.38. The third-order valence-electron chi connectivity index (χ3n) is 2.65. The fourth-order valence-corrected chi connectivity index (χ4v) is 1.81. The number of hydrogen-bond donors (Lipinski definition) is 2. The van der Waals surface area contributed by atoms with Crippen LogP contribution in [0.2, 0.25) is 0 Å². The predicted molar refractivity (Wildman–Crippen MR) is 62.6 cm³/mol. The molecule has 0 fully saturated rings. The Kier molecular flexibility index (Phi) is 3.36. The highest BCUT2D eigenvalue weighted by Crippen LogP contribution is 2.23. The molecule has 0 saturated carbocycles. The number of nitrogens with one attached hydrogen (secondary N) is 1. The Bertz CT molecular complexity index is 517. The van der Waals surface area contributed by atoms with Gasteiger partial charge in [0.2, 0.25) is 0 Å². The van der Waals surface area contributed by atoms with Gasteiger partial charge in [-0.05, 0) is 12.2 Å². The van der Waals surface area contributed by atoms with Crippen LogP contribution in [0.1, 0.15) is 6.42 Å². The van der Waals surface area contributed by atoms with Gasteiger partial charge in [0.25, 0.3) is 0 Å². The molecular formula is C12H11FN2O3. The number of allylic oxidation sites excluding steroid dienone is 3. The van der Waals surface area contributed by atoms with Crippen LogP contribution in [0, 0.1) is 5.92 Å². The van der Waals surface area contributed by atoms with Crippen molar-refractivity contribution in [2.24, 2.45) is 10.9 Å². The van der Waals surface area contributed by atoms with Gasteiger partial charge >= 0.3 is 5.97 Å². The fraction of sp³-hybridized carbons (Fsp3) is 0.250. The van der Waals surface area contributed by atoms with E-state index >= 15 is 0 Å². The van der Waals surface area contributed by atoms with Gasteiger partial charge in [0.05, 0.1) is 6.42 Å². The Morgan fingerprint density at radius 2 is 2.28 bits per heavy atom. The lowest BCUT2D eigenvalue weighted by molar-refractivity contribution is -0.139. The number of aliphatic carboxylic acids is 1. The van der Waals surface area contributed by atoms with Crippen molar-refractivity contribution < 1.29 is 19.1 Å². The van der Waals surface area contributed by atoms with E-state index < -0.39 is 29.9 Å². The lowest BCUT2D eigenvalue weighted by atomic mass is 9.89. The van der Waals surface area contributed by atoms with Gasteiger partial charge in [-0.25, -0.2) is 9.38 Å². The second-order valence-electron chi connectivity index (χ2n) is 3.89. The van der Waals surface area contributed by atoms with Gasteiger partial charge < -0.3 is 10.4 Å². The van der Waals surface area contributed by atoms with Crippen molar-refractivity contribution in [3.8, 4) is 0 Å². The van der Waals surface area contributed by atoms with Crippen molar-refractivity contribution in [3.63, 3.8) is 0 Å². The number of carbonyl (C=O) groups excluding carboxylic acids is 1. The molecule has 0 bridgehead atoms. The highest BCUT2D eigenvalue weighted by molar-refractivity contribution is 6.13. The van der Waals surface area contributed by atoms with Crippen LogP contribution in [0.25, 0.3) is 0 Å². The summed E-state index contributed by atoms with van der Waals surface area (Å²) in [5.74, 6) is -3.26. The van der Waals surface area contributed by atoms with E-state index in [4.69, 9.17) is 0 Å². The lowest BCUT2D eigenvalue weighted by Crippen LogP contribution is -2.39. The first-order chi connectivity index (χ1) is 8.59. The quantitative estimate of drug-likeness (QED) is 0.781. The van der Waals surface area contributed by atoms with Crippen LogP contribution in [0.15, 0.2) is 40.8 Å². The molecule has 2 N–H and O–H groups in total. The van der Waals surface area contributed by atoms with Gasteiger partial charge in [-0.1, -0.05) is 6.08 Å². The molecule has 5 nitrogen and oxygen atoms in total. The molecule has 0 radical (unpaired) electrons. The van der Waals surface area contributed by atoms with E-state index in [0.717, 1.165) is 6.08 Å². The zero-order valence-corrected chi connectivity index (χ0v) is 9.39. The van der Waals surface area contributed by atoms with Gasteiger partial charge in [0.15, 0.2) is 5.78 Å². The first-order valence-electron chi connectivity index (χ1n) is 5.38. The van der Waals surface area contributed by atoms with Crippen molar-refractivity contribution in [1.82, 2.24) is 5.32 Å². The molecule has 0 aromatic rings. The molecule has 2 aliphatic rings. The van der Waals surface area contributed by atoms with Gasteiger partial charge in [0.1, 0.15) is 17.6 Å². The maximum Gasteiger partial charge on any atom is 0.318 e. The number of carboxylic acid groups (broad SMARTS) is 1. The first kappa shape index (κ1) is 12.2. The number of Topliss-reactive ketones (excluding diaryl/α,β-unsaturated/α-hetero) is 1. The summed E-state index contributed by atoms with van der Waals surface area (Å²) >= 11 is 0. The molecule has 1 aliphatic heterocycles. The molecule has 1 unspecified atom stereocenters. The van der Waals surface area contributed by atoms with E-state index in [2.05, 4.69) is 10.3 Å². The van der Waals surface area contributed by atoms with Crippen LogP contribution < -0.4 is 5.32 Å². The minimum atomic E-state index is -1.19. The van der Waals surface area contributed by atoms with Gasteiger partial charge in [-0.15, -0.1) is 0 Å². The number of carbonyl (C=O) groups is 2. The molecule has 0 spiro atoms. The summed E-state index contributed by atoms with van der Waals surface area (Å²) in [5, 5.41) is 12.0. The number of aliphatic imine (C=N–C) groups is 1. The molecule has 6 heteroatoms. The summed E-state index contributed by atoms with van der Waals surface area (Å²) in [6, 6.07) is 0. The summed E-state index contributed by atoms with van der Waals surface area (Å²) in [4.78, 5) is 26.9. The Balaban J connectivity index is 2.37. The Morgan fingerprint density at radius 3 is 2.83 bits per heavy atom. The maximum atomic E-state index is 12.9. The van der Waals surface area contributed by atoms with Crippen LogP contribution in [0.5, 0.6) is 0 Å². The molecule has 1 aliphatic carbocycles. The van der Waals surface area contributed by atoms with Crippen LogP contribution in [-0.4, -0.2) is 29.2 Å². The summed E-state index contributed by atoms with van der Waals surface area (Å²) in [5.41, 5.74) is 0.0467. The molecule has 94 valence electrons. The molecule has 0 aromatic carbocycles. The lowest BCUT2D eigenvalue weighted by Gasteiger charge is -2.21. The highest BCUT2D eigenvalue weighted by Gasteiger charge is 2.33. The van der Waals surface area contributed by atoms with E-state index in [1.807, 2.05) is 0 Å². The van der Waals surface area contributed by atoms with E-state index in [1.54, 1.807) is 6.08 Å². The monoisotopic (exact) mass is 250 g/mol. The predicted octanol–water partition coefficient (Wildman–Crippen LogP) is 0.955. The normalized spacial score (nSPS) is 20.5. The number of amidine groups is 1. The molecule has 0 saturated heterocycles. The SMILES string of the molecule is O=C1CC(F)=CC=C1C(C(=O)O)C1=NC=CCN1. The van der Waals surface area contributed by atoms with E-state index in [9.17, 15) is 19.1 Å². The molecule has 0 aromatic heterocycles. The van der Waals surface area contributed by atoms with Gasteiger partial charge in [-0.3, -0.25) is 9.59 Å². The fourth-order valence-electron chi connectivity index (χ4n) is 1.81. The number of ketones is 1. The third kappa shape index (κ3) is 2.37. The Hall–Kier alpha value is -2.24. The van der Waals surface area contributed by atoms with Gasteiger partial charge in [-0.2, -0.15) is 0 Å². The van der Waals surface area contributed by atoms with Crippen molar-refractivity contribution in [2.75, 3.05) is 6.54 Å². The van der Waals surface area contributed by atoms with E-state index in [0.29, 0.717) is 6.54 Å². The standard InChI is InChI=1S/C12H11FN2O3/c13-7-2-3-8(9(16)6-7)10(12(17)18)11-14-4-1-5-15-11/h1-4,10H,5-6H2,(H,14,15)(H,17,18). The zero-order valence-electron chi connectivity index (χ0n) is 9.39. The summed E-state index contributed by atoms with van der Waals surface area (Å²) < 4.78 is 12.9. The number of nitrogens with zero attached hydrogens (tertiary/aromatic N) is 1. The molecule has 1 atom stereocenters. The summed E-state index contributed by atoms with van der Waals surface area (Å²) in [6.07, 6.45) is 5.14. The van der Waals surface area contributed by atoms with Crippen molar-refractivity contribution in [2.45, 2.75) is 6.42 Å². The van der Waals surface area contributed by atoms with Crippen molar-refractivity contribution >= 4 is 17.6 Å². The van der Waals surface area contributed by atoms with E-state index in [-0.39, 0.29) is 11.4 Å². The molecule has 1 heterocycles. The van der Waals surface area contributed by atoms with Crippen LogP contribution >= 0.6 is 0 Å². The van der Waals surface area contributed by atoms with Crippen LogP contribution in [0.3, 0.4) is 0 Å². The average molecular weight is 250 g/mol.